The fourth-order valence-electron chi connectivity index (χ4n) is 1.11. The maximum Gasteiger partial charge on any atom is 0.234 e. The molecule has 0 atom stereocenters. The highest BCUT2D eigenvalue weighted by molar-refractivity contribution is 9.10. The molecule has 5 heteroatoms. The smallest absolute Gasteiger partial charge is 0.234 e. The molecule has 0 unspecified atom stereocenters. The summed E-state index contributed by atoms with van der Waals surface area (Å²) in [4.78, 5) is 12.4. The first kappa shape index (κ1) is 11.7. The monoisotopic (exact) mass is 276 g/mol. The fraction of sp³-hybridized carbons (Fsp3) is 0.444. The Balaban J connectivity index is 2.18. The Bertz CT molecular complexity index is 301. The molecule has 1 amide bonds. The number of thiophene rings is 1. The second-order valence-electron chi connectivity index (χ2n) is 2.88. The third-order valence-electron chi connectivity index (χ3n) is 1.71. The van der Waals surface area contributed by atoms with Crippen molar-refractivity contribution in [1.82, 2.24) is 10.9 Å². The van der Waals surface area contributed by atoms with Gasteiger partial charge in [-0.05, 0) is 34.8 Å². The lowest BCUT2D eigenvalue weighted by Crippen LogP contribution is -2.33. The summed E-state index contributed by atoms with van der Waals surface area (Å²) >= 11 is 5.12. The number of carbonyl (C=O) groups is 1. The third-order valence-corrected chi connectivity index (χ3v) is 3.47. The molecule has 0 aliphatic heterocycles. The van der Waals surface area contributed by atoms with E-state index in [0.717, 1.165) is 17.3 Å². The van der Waals surface area contributed by atoms with E-state index >= 15 is 0 Å². The molecule has 1 heterocycles. The number of rotatable bonds is 5. The summed E-state index contributed by atoms with van der Waals surface area (Å²) in [5.41, 5.74) is 5.16. The van der Waals surface area contributed by atoms with Crippen molar-refractivity contribution < 1.29 is 4.79 Å². The van der Waals surface area contributed by atoms with Crippen molar-refractivity contribution in [3.63, 3.8) is 0 Å². The summed E-state index contributed by atoms with van der Waals surface area (Å²) in [7, 11) is 1.69. The van der Waals surface area contributed by atoms with Crippen LogP contribution in [-0.2, 0) is 11.2 Å². The van der Waals surface area contributed by atoms with Gasteiger partial charge in [0.15, 0.2) is 0 Å². The Hall–Kier alpha value is -0.390. The summed E-state index contributed by atoms with van der Waals surface area (Å²) < 4.78 is 1.12. The number of hydrogen-bond donors (Lipinski definition) is 2. The van der Waals surface area contributed by atoms with E-state index in [1.807, 2.05) is 0 Å². The quantitative estimate of drug-likeness (QED) is 0.809. The van der Waals surface area contributed by atoms with Gasteiger partial charge in [0.1, 0.15) is 0 Å². The van der Waals surface area contributed by atoms with Crippen molar-refractivity contribution in [3.05, 3.63) is 20.8 Å². The highest BCUT2D eigenvalue weighted by atomic mass is 79.9. The molecule has 0 saturated heterocycles. The summed E-state index contributed by atoms with van der Waals surface area (Å²) in [6, 6.07) is 2.10. The summed E-state index contributed by atoms with van der Waals surface area (Å²) in [5, 5.41) is 2.06. The van der Waals surface area contributed by atoms with Crippen molar-refractivity contribution in [2.45, 2.75) is 19.3 Å². The zero-order valence-electron chi connectivity index (χ0n) is 7.97. The molecule has 2 N–H and O–H groups in total. The van der Waals surface area contributed by atoms with E-state index in [1.54, 1.807) is 18.4 Å². The van der Waals surface area contributed by atoms with Gasteiger partial charge in [0.05, 0.1) is 0 Å². The molecule has 78 valence electrons. The van der Waals surface area contributed by atoms with E-state index in [9.17, 15) is 4.79 Å². The Labute approximate surface area is 96.0 Å². The lowest BCUT2D eigenvalue weighted by atomic mass is 10.2. The van der Waals surface area contributed by atoms with Crippen LogP contribution in [0.25, 0.3) is 0 Å². The van der Waals surface area contributed by atoms with Gasteiger partial charge in [0.25, 0.3) is 0 Å². The number of nitrogens with one attached hydrogen (secondary N) is 2. The number of amides is 1. The first-order chi connectivity index (χ1) is 6.72. The van der Waals surface area contributed by atoms with Gasteiger partial charge in [-0.25, -0.2) is 5.43 Å². The second-order valence-corrected chi connectivity index (χ2v) is 4.79. The molecule has 0 radical (unpaired) electrons. The Morgan fingerprint density at radius 2 is 2.43 bits per heavy atom. The normalized spacial score (nSPS) is 10.1. The predicted molar refractivity (Wildman–Crippen MR) is 62.2 cm³/mol. The van der Waals surface area contributed by atoms with E-state index in [-0.39, 0.29) is 5.91 Å². The standard InChI is InChI=1S/C9H13BrN2OS/c1-11-12-9(13)4-2-3-8-5-7(10)6-14-8/h5-6,11H,2-4H2,1H3,(H,12,13). The van der Waals surface area contributed by atoms with E-state index < -0.39 is 0 Å². The molecule has 14 heavy (non-hydrogen) atoms. The molecule has 0 aliphatic rings. The van der Waals surface area contributed by atoms with Gasteiger partial charge in [-0.15, -0.1) is 11.3 Å². The molecular formula is C9H13BrN2OS. The number of carbonyl (C=O) groups excluding carboxylic acids is 1. The lowest BCUT2D eigenvalue weighted by molar-refractivity contribution is -0.122. The SMILES string of the molecule is CNNC(=O)CCCc1cc(Br)cs1. The van der Waals surface area contributed by atoms with Crippen LogP contribution in [0.1, 0.15) is 17.7 Å². The third kappa shape index (κ3) is 4.21. The molecule has 0 fully saturated rings. The molecule has 0 bridgehead atoms. The minimum Gasteiger partial charge on any atom is -0.292 e. The van der Waals surface area contributed by atoms with Crippen LogP contribution in [0.3, 0.4) is 0 Å². The van der Waals surface area contributed by atoms with Gasteiger partial charge >= 0.3 is 0 Å². The minimum absolute atomic E-state index is 0.0446. The number of halogens is 1. The van der Waals surface area contributed by atoms with Crippen LogP contribution in [0, 0.1) is 0 Å². The molecule has 0 aliphatic carbocycles. The largest absolute Gasteiger partial charge is 0.292 e. The second kappa shape index (κ2) is 6.16. The first-order valence-electron chi connectivity index (χ1n) is 4.41. The van der Waals surface area contributed by atoms with Gasteiger partial charge in [-0.2, -0.15) is 0 Å². The molecule has 1 rings (SSSR count). The Morgan fingerprint density at radius 3 is 3.00 bits per heavy atom. The van der Waals surface area contributed by atoms with Crippen molar-refractivity contribution in [3.8, 4) is 0 Å². The van der Waals surface area contributed by atoms with Crippen LogP contribution in [0.15, 0.2) is 15.9 Å². The Morgan fingerprint density at radius 1 is 1.64 bits per heavy atom. The van der Waals surface area contributed by atoms with E-state index in [4.69, 9.17) is 0 Å². The first-order valence-corrected chi connectivity index (χ1v) is 6.08. The van der Waals surface area contributed by atoms with Crippen LogP contribution in [0.5, 0.6) is 0 Å². The van der Waals surface area contributed by atoms with Crippen molar-refractivity contribution in [1.29, 1.82) is 0 Å². The molecule has 1 aromatic heterocycles. The molecular weight excluding hydrogens is 264 g/mol. The van der Waals surface area contributed by atoms with Gasteiger partial charge in [-0.1, -0.05) is 0 Å². The number of hydrogen-bond acceptors (Lipinski definition) is 3. The molecule has 0 spiro atoms. The van der Waals surface area contributed by atoms with Crippen LogP contribution >= 0.6 is 27.3 Å². The van der Waals surface area contributed by atoms with Gasteiger partial charge < -0.3 is 0 Å². The molecule has 0 saturated carbocycles. The molecule has 1 aromatic rings. The van der Waals surface area contributed by atoms with Crippen LogP contribution in [0.4, 0.5) is 0 Å². The van der Waals surface area contributed by atoms with Gasteiger partial charge in [-0.3, -0.25) is 10.2 Å². The fourth-order valence-corrected chi connectivity index (χ4v) is 2.61. The van der Waals surface area contributed by atoms with E-state index in [2.05, 4.69) is 38.2 Å². The topological polar surface area (TPSA) is 41.1 Å². The van der Waals surface area contributed by atoms with Crippen molar-refractivity contribution in [2.24, 2.45) is 0 Å². The highest BCUT2D eigenvalue weighted by Crippen LogP contribution is 2.21. The summed E-state index contributed by atoms with van der Waals surface area (Å²) in [6.45, 7) is 0. The average molecular weight is 277 g/mol. The van der Waals surface area contributed by atoms with E-state index in [0.29, 0.717) is 6.42 Å². The molecule has 0 aromatic carbocycles. The molecule has 3 nitrogen and oxygen atoms in total. The lowest BCUT2D eigenvalue weighted by Gasteiger charge is -2.01. The maximum absolute atomic E-state index is 11.1. The number of hydrazine groups is 1. The van der Waals surface area contributed by atoms with Crippen LogP contribution < -0.4 is 10.9 Å². The minimum atomic E-state index is 0.0446. The highest BCUT2D eigenvalue weighted by Gasteiger charge is 2.01. The van der Waals surface area contributed by atoms with Crippen molar-refractivity contribution >= 4 is 33.2 Å². The maximum atomic E-state index is 11.1. The zero-order chi connectivity index (χ0) is 10.4. The van der Waals surface area contributed by atoms with Crippen molar-refractivity contribution in [2.75, 3.05) is 7.05 Å². The number of aryl methyl sites for hydroxylation is 1. The van der Waals surface area contributed by atoms with Gasteiger partial charge in [0.2, 0.25) is 5.91 Å². The summed E-state index contributed by atoms with van der Waals surface area (Å²) in [6.07, 6.45) is 2.42. The van der Waals surface area contributed by atoms with Gasteiger partial charge in [0, 0.05) is 28.2 Å². The van der Waals surface area contributed by atoms with Crippen LogP contribution in [-0.4, -0.2) is 13.0 Å². The van der Waals surface area contributed by atoms with E-state index in [1.165, 1.54) is 4.88 Å². The summed E-state index contributed by atoms with van der Waals surface area (Å²) in [5.74, 6) is 0.0446. The van der Waals surface area contributed by atoms with Crippen LogP contribution in [0.2, 0.25) is 0 Å². The Kier molecular flexibility index (Phi) is 5.14. The predicted octanol–water partition coefficient (Wildman–Crippen LogP) is 2.08. The average Bonchev–Trinajstić information content (AvgIpc) is 2.52. The zero-order valence-corrected chi connectivity index (χ0v) is 10.4.